The van der Waals surface area contributed by atoms with E-state index in [1.807, 2.05) is 0 Å². The van der Waals surface area contributed by atoms with Crippen LogP contribution in [0.4, 0.5) is 0 Å². The third-order valence-corrected chi connectivity index (χ3v) is 6.41. The van der Waals surface area contributed by atoms with E-state index >= 15 is 0 Å². The van der Waals surface area contributed by atoms with Crippen LogP contribution in [0.25, 0.3) is 0 Å². The zero-order valence-corrected chi connectivity index (χ0v) is 15.9. The number of esters is 1. The summed E-state index contributed by atoms with van der Waals surface area (Å²) in [5.74, 6) is 0.396. The van der Waals surface area contributed by atoms with E-state index < -0.39 is 16.0 Å². The Labute approximate surface area is 150 Å². The summed E-state index contributed by atoms with van der Waals surface area (Å²) >= 11 is 1.03. The van der Waals surface area contributed by atoms with Crippen molar-refractivity contribution in [3.63, 3.8) is 0 Å². The van der Waals surface area contributed by atoms with Gasteiger partial charge < -0.3 is 14.2 Å². The quantitative estimate of drug-likeness (QED) is 0.681. The number of carbonyl (C=O) groups is 1. The van der Waals surface area contributed by atoms with Gasteiger partial charge in [0.15, 0.2) is 11.5 Å². The van der Waals surface area contributed by atoms with Crippen molar-refractivity contribution < 1.29 is 27.4 Å². The van der Waals surface area contributed by atoms with Crippen LogP contribution in [0.5, 0.6) is 11.5 Å². The minimum Gasteiger partial charge on any atom is -0.493 e. The standard InChI is InChI=1S/C16H19NO6S2/c1-17(10-11-5-6-12(21-2)13(9-11)22-3)25(19,20)14-7-8-24-15(14)16(18)23-4/h5-9H,10H2,1-4H3. The van der Waals surface area contributed by atoms with Crippen molar-refractivity contribution in [1.82, 2.24) is 4.31 Å². The van der Waals surface area contributed by atoms with Gasteiger partial charge in [-0.25, -0.2) is 13.2 Å². The number of hydrogen-bond acceptors (Lipinski definition) is 7. The minimum absolute atomic E-state index is 0.0571. The fraction of sp³-hybridized carbons (Fsp3) is 0.312. The molecule has 2 rings (SSSR count). The molecule has 9 heteroatoms. The number of benzene rings is 1. The van der Waals surface area contributed by atoms with Gasteiger partial charge in [-0.2, -0.15) is 4.31 Å². The number of ether oxygens (including phenoxy) is 3. The Morgan fingerprint density at radius 1 is 1.12 bits per heavy atom. The van der Waals surface area contributed by atoms with Gasteiger partial charge in [0.05, 0.1) is 21.3 Å². The summed E-state index contributed by atoms with van der Waals surface area (Å²) < 4.78 is 41.8. The Morgan fingerprint density at radius 2 is 1.80 bits per heavy atom. The van der Waals surface area contributed by atoms with Crippen LogP contribution in [-0.4, -0.2) is 47.1 Å². The van der Waals surface area contributed by atoms with E-state index in [9.17, 15) is 13.2 Å². The molecule has 0 unspecified atom stereocenters. The Balaban J connectivity index is 2.30. The summed E-state index contributed by atoms with van der Waals surface area (Å²) in [6.45, 7) is 0.110. The topological polar surface area (TPSA) is 82.1 Å². The normalized spacial score (nSPS) is 11.4. The molecule has 0 fully saturated rings. The lowest BCUT2D eigenvalue weighted by molar-refractivity contribution is 0.0602. The maximum Gasteiger partial charge on any atom is 0.349 e. The second-order valence-corrected chi connectivity index (χ2v) is 7.99. The molecule has 0 aliphatic carbocycles. The van der Waals surface area contributed by atoms with Crippen molar-refractivity contribution in [2.45, 2.75) is 11.4 Å². The molecule has 25 heavy (non-hydrogen) atoms. The molecule has 0 N–H and O–H groups in total. The van der Waals surface area contributed by atoms with Crippen LogP contribution in [0.3, 0.4) is 0 Å². The van der Waals surface area contributed by atoms with Gasteiger partial charge in [-0.15, -0.1) is 11.3 Å². The maximum atomic E-state index is 12.8. The van der Waals surface area contributed by atoms with Crippen molar-refractivity contribution in [2.75, 3.05) is 28.4 Å². The summed E-state index contributed by atoms with van der Waals surface area (Å²) in [5.41, 5.74) is 0.721. The van der Waals surface area contributed by atoms with Crippen LogP contribution in [-0.2, 0) is 21.3 Å². The van der Waals surface area contributed by atoms with Gasteiger partial charge in [-0.1, -0.05) is 6.07 Å². The minimum atomic E-state index is -3.84. The summed E-state index contributed by atoms with van der Waals surface area (Å²) in [6, 6.07) is 6.57. The van der Waals surface area contributed by atoms with Crippen LogP contribution in [0.15, 0.2) is 34.5 Å². The SMILES string of the molecule is COC(=O)c1sccc1S(=O)(=O)N(C)Cc1ccc(OC)c(OC)c1. The fourth-order valence-corrected chi connectivity index (χ4v) is 4.69. The number of rotatable bonds is 7. The molecule has 7 nitrogen and oxygen atoms in total. The molecule has 0 spiro atoms. The summed E-state index contributed by atoms with van der Waals surface area (Å²) in [5, 5.41) is 1.55. The van der Waals surface area contributed by atoms with Crippen LogP contribution in [0.2, 0.25) is 0 Å². The third-order valence-electron chi connectivity index (χ3n) is 3.54. The molecule has 0 aliphatic rings. The molecule has 1 aromatic heterocycles. The summed E-state index contributed by atoms with van der Waals surface area (Å²) in [4.78, 5) is 11.7. The van der Waals surface area contributed by atoms with Crippen LogP contribution in [0, 0.1) is 0 Å². The van der Waals surface area contributed by atoms with E-state index in [1.54, 1.807) is 23.6 Å². The second kappa shape index (κ2) is 7.85. The first kappa shape index (κ1) is 19.2. The Hall–Kier alpha value is -2.10. The van der Waals surface area contributed by atoms with Crippen LogP contribution < -0.4 is 9.47 Å². The van der Waals surface area contributed by atoms with Gasteiger partial charge in [0.25, 0.3) is 0 Å². The molecule has 0 amide bonds. The largest absolute Gasteiger partial charge is 0.493 e. The molecular formula is C16H19NO6S2. The van der Waals surface area contributed by atoms with Gasteiger partial charge in [0, 0.05) is 13.6 Å². The van der Waals surface area contributed by atoms with Crippen LogP contribution in [0.1, 0.15) is 15.2 Å². The number of methoxy groups -OCH3 is 3. The van der Waals surface area contributed by atoms with Gasteiger partial charge in [0.1, 0.15) is 9.77 Å². The summed E-state index contributed by atoms with van der Waals surface area (Å²) in [7, 11) is 1.86. The zero-order chi connectivity index (χ0) is 18.6. The molecule has 0 saturated carbocycles. The highest BCUT2D eigenvalue weighted by atomic mass is 32.2. The van der Waals surface area contributed by atoms with Crippen molar-refractivity contribution in [2.24, 2.45) is 0 Å². The maximum absolute atomic E-state index is 12.8. The highest BCUT2D eigenvalue weighted by molar-refractivity contribution is 7.89. The molecule has 0 saturated heterocycles. The van der Waals surface area contributed by atoms with E-state index in [0.717, 1.165) is 16.9 Å². The molecule has 136 valence electrons. The Kier molecular flexibility index (Phi) is 6.04. The first-order valence-corrected chi connectivity index (χ1v) is 9.50. The van der Waals surface area contributed by atoms with E-state index in [0.29, 0.717) is 11.5 Å². The predicted octanol–water partition coefficient (Wildman–Crippen LogP) is 2.37. The monoisotopic (exact) mass is 385 g/mol. The lowest BCUT2D eigenvalue weighted by atomic mass is 10.2. The Morgan fingerprint density at radius 3 is 2.40 bits per heavy atom. The molecule has 1 aromatic carbocycles. The van der Waals surface area contributed by atoms with Gasteiger partial charge in [0.2, 0.25) is 10.0 Å². The number of thiophene rings is 1. The number of nitrogens with zero attached hydrogens (tertiary/aromatic N) is 1. The smallest absolute Gasteiger partial charge is 0.349 e. The molecule has 0 aliphatic heterocycles. The number of carbonyl (C=O) groups excluding carboxylic acids is 1. The van der Waals surface area contributed by atoms with E-state index in [-0.39, 0.29) is 16.3 Å². The first-order chi connectivity index (χ1) is 11.8. The highest BCUT2D eigenvalue weighted by Crippen LogP contribution is 2.30. The first-order valence-electron chi connectivity index (χ1n) is 7.18. The molecular weight excluding hydrogens is 366 g/mol. The second-order valence-electron chi connectivity index (χ2n) is 5.06. The van der Waals surface area contributed by atoms with E-state index in [1.165, 1.54) is 38.7 Å². The fourth-order valence-electron chi connectivity index (χ4n) is 2.23. The summed E-state index contributed by atoms with van der Waals surface area (Å²) in [6.07, 6.45) is 0. The molecule has 0 bridgehead atoms. The average Bonchev–Trinajstić information content (AvgIpc) is 3.11. The average molecular weight is 385 g/mol. The molecule has 1 heterocycles. The highest BCUT2D eigenvalue weighted by Gasteiger charge is 2.28. The lowest BCUT2D eigenvalue weighted by Gasteiger charge is -2.18. The Bertz CT molecular complexity index is 859. The van der Waals surface area contributed by atoms with Gasteiger partial charge in [-0.3, -0.25) is 0 Å². The number of hydrogen-bond donors (Lipinski definition) is 0. The van der Waals surface area contributed by atoms with Crippen molar-refractivity contribution in [3.05, 3.63) is 40.1 Å². The van der Waals surface area contributed by atoms with Crippen molar-refractivity contribution in [1.29, 1.82) is 0 Å². The van der Waals surface area contributed by atoms with Gasteiger partial charge >= 0.3 is 5.97 Å². The van der Waals surface area contributed by atoms with E-state index in [2.05, 4.69) is 4.74 Å². The van der Waals surface area contributed by atoms with Crippen molar-refractivity contribution in [3.8, 4) is 11.5 Å². The van der Waals surface area contributed by atoms with Crippen molar-refractivity contribution >= 4 is 27.3 Å². The number of sulfonamides is 1. The molecule has 2 aromatic rings. The lowest BCUT2D eigenvalue weighted by Crippen LogP contribution is -2.27. The van der Waals surface area contributed by atoms with E-state index in [4.69, 9.17) is 9.47 Å². The molecule has 0 atom stereocenters. The predicted molar refractivity (Wildman–Crippen MR) is 93.9 cm³/mol. The van der Waals surface area contributed by atoms with Gasteiger partial charge in [-0.05, 0) is 29.1 Å². The van der Waals surface area contributed by atoms with Crippen LogP contribution >= 0.6 is 11.3 Å². The zero-order valence-electron chi connectivity index (χ0n) is 14.3. The molecule has 0 radical (unpaired) electrons. The third kappa shape index (κ3) is 3.94.